The number of para-hydroxylation sites is 2. The van der Waals surface area contributed by atoms with Crippen LogP contribution < -0.4 is 15.6 Å². The van der Waals surface area contributed by atoms with E-state index >= 15 is 0 Å². The second-order valence-corrected chi connectivity index (χ2v) is 5.54. The van der Waals surface area contributed by atoms with E-state index in [4.69, 9.17) is 4.74 Å². The molecule has 1 amide bonds. The topological polar surface area (TPSA) is 71.2 Å². The number of benzene rings is 2. The van der Waals surface area contributed by atoms with Crippen molar-refractivity contribution in [1.82, 2.24) is 10.3 Å². The first-order valence-corrected chi connectivity index (χ1v) is 7.76. The van der Waals surface area contributed by atoms with Gasteiger partial charge in [-0.25, -0.2) is 4.79 Å². The molecule has 0 aliphatic carbocycles. The Morgan fingerprint density at radius 3 is 2.71 bits per heavy atom. The van der Waals surface area contributed by atoms with E-state index in [1.165, 1.54) is 0 Å². The fourth-order valence-electron chi connectivity index (χ4n) is 2.55. The van der Waals surface area contributed by atoms with Crippen molar-refractivity contribution in [2.75, 3.05) is 6.54 Å². The summed E-state index contributed by atoms with van der Waals surface area (Å²) in [6.07, 6.45) is -0.0995. The number of pyridine rings is 1. The number of ether oxygens (including phenoxy) is 1. The summed E-state index contributed by atoms with van der Waals surface area (Å²) >= 11 is 0. The number of carbonyl (C=O) groups is 1. The van der Waals surface area contributed by atoms with Gasteiger partial charge in [-0.05, 0) is 42.5 Å². The van der Waals surface area contributed by atoms with Crippen molar-refractivity contribution < 1.29 is 9.53 Å². The summed E-state index contributed by atoms with van der Waals surface area (Å²) in [6.45, 7) is 2.28. The third kappa shape index (κ3) is 3.63. The van der Waals surface area contributed by atoms with Gasteiger partial charge in [0.2, 0.25) is 0 Å². The summed E-state index contributed by atoms with van der Waals surface area (Å²) in [7, 11) is 0. The number of rotatable bonds is 4. The zero-order valence-corrected chi connectivity index (χ0v) is 13.3. The molecule has 0 aliphatic heterocycles. The molecule has 3 aromatic rings. The van der Waals surface area contributed by atoms with Crippen molar-refractivity contribution in [2.45, 2.75) is 13.3 Å². The van der Waals surface area contributed by atoms with E-state index < -0.39 is 6.09 Å². The van der Waals surface area contributed by atoms with E-state index in [1.54, 1.807) is 24.3 Å². The Morgan fingerprint density at radius 1 is 1.12 bits per heavy atom. The van der Waals surface area contributed by atoms with Gasteiger partial charge < -0.3 is 15.0 Å². The number of aromatic nitrogens is 1. The molecular formula is C19H18N2O3. The van der Waals surface area contributed by atoms with Gasteiger partial charge in [0.1, 0.15) is 5.75 Å². The van der Waals surface area contributed by atoms with Crippen LogP contribution in [0.25, 0.3) is 10.9 Å². The van der Waals surface area contributed by atoms with E-state index in [-0.39, 0.29) is 5.56 Å². The van der Waals surface area contributed by atoms with Gasteiger partial charge in [0.05, 0.1) is 5.52 Å². The van der Waals surface area contributed by atoms with Crippen LogP contribution in [0.3, 0.4) is 0 Å². The maximum Gasteiger partial charge on any atom is 0.412 e. The largest absolute Gasteiger partial charge is 0.412 e. The molecule has 5 nitrogen and oxygen atoms in total. The van der Waals surface area contributed by atoms with E-state index in [9.17, 15) is 9.59 Å². The molecule has 1 aromatic heterocycles. The number of carbonyl (C=O) groups excluding carboxylic acids is 1. The highest BCUT2D eigenvalue weighted by molar-refractivity contribution is 5.81. The zero-order chi connectivity index (χ0) is 16.9. The number of fused-ring (bicyclic) bond motifs is 1. The van der Waals surface area contributed by atoms with Crippen molar-refractivity contribution in [1.29, 1.82) is 0 Å². The number of H-pyrrole nitrogens is 1. The minimum absolute atomic E-state index is 0.130. The normalized spacial score (nSPS) is 10.5. The van der Waals surface area contributed by atoms with Crippen LogP contribution in [-0.2, 0) is 6.42 Å². The molecule has 2 N–H and O–H groups in total. The van der Waals surface area contributed by atoms with Gasteiger partial charge in [-0.2, -0.15) is 0 Å². The summed E-state index contributed by atoms with van der Waals surface area (Å²) in [5.74, 6) is 0.481. The lowest BCUT2D eigenvalue weighted by molar-refractivity contribution is 0.200. The molecule has 0 aliphatic rings. The second-order valence-electron chi connectivity index (χ2n) is 5.54. The Balaban J connectivity index is 1.62. The summed E-state index contributed by atoms with van der Waals surface area (Å²) in [5, 5.41) is 3.64. The SMILES string of the molecule is Cc1cccc2cc(CCNC(=O)Oc3ccccc3)c(=O)[nH]c12. The molecule has 3 rings (SSSR count). The van der Waals surface area contributed by atoms with Crippen LogP contribution in [0, 0.1) is 6.92 Å². The molecule has 2 aromatic carbocycles. The molecule has 0 atom stereocenters. The number of aryl methyl sites for hydroxylation is 1. The van der Waals surface area contributed by atoms with Gasteiger partial charge in [-0.1, -0.05) is 36.4 Å². The van der Waals surface area contributed by atoms with Gasteiger partial charge >= 0.3 is 6.09 Å². The molecule has 0 radical (unpaired) electrons. The van der Waals surface area contributed by atoms with Crippen LogP contribution in [0.5, 0.6) is 5.75 Å². The monoisotopic (exact) mass is 322 g/mol. The smallest absolute Gasteiger partial charge is 0.410 e. The molecule has 1 heterocycles. The standard InChI is InChI=1S/C19H18N2O3/c1-13-6-5-7-14-12-15(18(22)21-17(13)14)10-11-20-19(23)24-16-8-3-2-4-9-16/h2-9,12H,10-11H2,1H3,(H,20,23)(H,21,22). The first-order valence-electron chi connectivity index (χ1n) is 7.76. The summed E-state index contributed by atoms with van der Waals surface area (Å²) in [4.78, 5) is 26.8. The average molecular weight is 322 g/mol. The molecule has 5 heteroatoms. The van der Waals surface area contributed by atoms with Crippen LogP contribution in [0.2, 0.25) is 0 Å². The fourth-order valence-corrected chi connectivity index (χ4v) is 2.55. The maximum absolute atomic E-state index is 12.2. The number of hydrogen-bond acceptors (Lipinski definition) is 3. The van der Waals surface area contributed by atoms with Gasteiger partial charge in [0, 0.05) is 12.1 Å². The van der Waals surface area contributed by atoms with Crippen molar-refractivity contribution in [3.8, 4) is 5.75 Å². The number of nitrogens with one attached hydrogen (secondary N) is 2. The van der Waals surface area contributed by atoms with Crippen LogP contribution in [-0.4, -0.2) is 17.6 Å². The lowest BCUT2D eigenvalue weighted by Crippen LogP contribution is -2.30. The first kappa shape index (κ1) is 15.8. The number of aromatic amines is 1. The average Bonchev–Trinajstić information content (AvgIpc) is 2.57. The third-order valence-corrected chi connectivity index (χ3v) is 3.78. The molecule has 0 saturated heterocycles. The fraction of sp³-hybridized carbons (Fsp3) is 0.158. The van der Waals surface area contributed by atoms with Gasteiger partial charge in [0.15, 0.2) is 0 Å². The van der Waals surface area contributed by atoms with E-state index in [0.717, 1.165) is 16.5 Å². The molecule has 122 valence electrons. The molecule has 0 bridgehead atoms. The van der Waals surface area contributed by atoms with Gasteiger partial charge in [-0.15, -0.1) is 0 Å². The third-order valence-electron chi connectivity index (χ3n) is 3.78. The number of amides is 1. The van der Waals surface area contributed by atoms with Crippen molar-refractivity contribution >= 4 is 17.0 Å². The molecule has 24 heavy (non-hydrogen) atoms. The Hall–Kier alpha value is -3.08. The summed E-state index contributed by atoms with van der Waals surface area (Å²) < 4.78 is 5.13. The first-order chi connectivity index (χ1) is 11.6. The summed E-state index contributed by atoms with van der Waals surface area (Å²) in [6, 6.07) is 16.6. The van der Waals surface area contributed by atoms with E-state index in [2.05, 4.69) is 10.3 Å². The molecule has 0 fully saturated rings. The van der Waals surface area contributed by atoms with Crippen molar-refractivity contribution in [3.05, 3.63) is 76.1 Å². The molecular weight excluding hydrogens is 304 g/mol. The summed E-state index contributed by atoms with van der Waals surface area (Å²) in [5.41, 5.74) is 2.38. The van der Waals surface area contributed by atoms with Crippen molar-refractivity contribution in [2.24, 2.45) is 0 Å². The Kier molecular flexibility index (Phi) is 4.61. The number of hydrogen-bond donors (Lipinski definition) is 2. The molecule has 0 saturated carbocycles. The predicted molar refractivity (Wildman–Crippen MR) is 93.5 cm³/mol. The molecule has 0 spiro atoms. The highest BCUT2D eigenvalue weighted by Gasteiger charge is 2.07. The van der Waals surface area contributed by atoms with Crippen molar-refractivity contribution in [3.63, 3.8) is 0 Å². The van der Waals surface area contributed by atoms with E-state index in [0.29, 0.717) is 24.3 Å². The van der Waals surface area contributed by atoms with Crippen LogP contribution in [0.15, 0.2) is 59.4 Å². The maximum atomic E-state index is 12.2. The van der Waals surface area contributed by atoms with Gasteiger partial charge in [-0.3, -0.25) is 4.79 Å². The van der Waals surface area contributed by atoms with Crippen LogP contribution in [0.1, 0.15) is 11.1 Å². The Morgan fingerprint density at radius 2 is 1.92 bits per heavy atom. The van der Waals surface area contributed by atoms with Gasteiger partial charge in [0.25, 0.3) is 5.56 Å². The highest BCUT2D eigenvalue weighted by Crippen LogP contribution is 2.15. The van der Waals surface area contributed by atoms with Crippen LogP contribution in [0.4, 0.5) is 4.79 Å². The minimum atomic E-state index is -0.533. The van der Waals surface area contributed by atoms with E-state index in [1.807, 2.05) is 37.3 Å². The predicted octanol–water partition coefficient (Wildman–Crippen LogP) is 3.17. The quantitative estimate of drug-likeness (QED) is 0.775. The lowest BCUT2D eigenvalue weighted by atomic mass is 10.1. The zero-order valence-electron chi connectivity index (χ0n) is 13.3. The lowest BCUT2D eigenvalue weighted by Gasteiger charge is -2.07. The highest BCUT2D eigenvalue weighted by atomic mass is 16.5. The second kappa shape index (κ2) is 7.00. The Labute approximate surface area is 139 Å². The minimum Gasteiger partial charge on any atom is -0.410 e. The molecule has 0 unspecified atom stereocenters. The van der Waals surface area contributed by atoms with Crippen LogP contribution >= 0.6 is 0 Å². The Bertz CT molecular complexity index is 917.